The minimum absolute atomic E-state index is 0.0780. The average Bonchev–Trinajstić information content (AvgIpc) is 2.83. The van der Waals surface area contributed by atoms with Crippen molar-refractivity contribution in [2.45, 2.75) is 71.1 Å². The summed E-state index contributed by atoms with van der Waals surface area (Å²) < 4.78 is 6.44. The largest absolute Gasteiger partial charge is 0.368 e. The van der Waals surface area contributed by atoms with Gasteiger partial charge in [0, 0.05) is 15.8 Å². The Morgan fingerprint density at radius 3 is 2.68 bits per heavy atom. The summed E-state index contributed by atoms with van der Waals surface area (Å²) >= 11 is 1.82. The molecule has 3 heteroatoms. The summed E-state index contributed by atoms with van der Waals surface area (Å²) in [5, 5.41) is 0. The molecule has 1 aromatic heterocycles. The van der Waals surface area contributed by atoms with E-state index in [1.807, 2.05) is 11.3 Å². The van der Waals surface area contributed by atoms with Crippen molar-refractivity contribution in [3.63, 3.8) is 0 Å². The highest BCUT2D eigenvalue weighted by atomic mass is 32.1. The first kappa shape index (κ1) is 15.0. The molecule has 1 aliphatic carbocycles. The molecule has 0 spiro atoms. The topological polar surface area (TPSA) is 35.2 Å². The monoisotopic (exact) mass is 281 g/mol. The second kappa shape index (κ2) is 6.87. The fraction of sp³-hybridized carbons (Fsp3) is 0.750. The predicted octanol–water partition coefficient (Wildman–Crippen LogP) is 4.43. The Morgan fingerprint density at radius 1 is 1.37 bits per heavy atom. The maximum atomic E-state index is 6.44. The van der Waals surface area contributed by atoms with Crippen LogP contribution < -0.4 is 5.73 Å². The molecule has 1 heterocycles. The fourth-order valence-electron chi connectivity index (χ4n) is 2.87. The smallest absolute Gasteiger partial charge is 0.107 e. The summed E-state index contributed by atoms with van der Waals surface area (Å²) in [6.45, 7) is 6.61. The van der Waals surface area contributed by atoms with Gasteiger partial charge in [0.2, 0.25) is 0 Å². The van der Waals surface area contributed by atoms with Crippen molar-refractivity contribution >= 4 is 11.3 Å². The van der Waals surface area contributed by atoms with Gasteiger partial charge in [0.15, 0.2) is 0 Å². The Labute approximate surface area is 121 Å². The molecule has 0 aromatic carbocycles. The van der Waals surface area contributed by atoms with E-state index in [0.29, 0.717) is 12.0 Å². The predicted molar refractivity (Wildman–Crippen MR) is 82.6 cm³/mol. The second-order valence-corrected chi connectivity index (χ2v) is 7.20. The maximum Gasteiger partial charge on any atom is 0.107 e. The van der Waals surface area contributed by atoms with E-state index in [9.17, 15) is 0 Å². The van der Waals surface area contributed by atoms with Crippen LogP contribution in [0.15, 0.2) is 12.1 Å². The summed E-state index contributed by atoms with van der Waals surface area (Å²) in [4.78, 5) is 2.63. The lowest BCUT2D eigenvalue weighted by Crippen LogP contribution is -2.35. The Morgan fingerprint density at radius 2 is 2.11 bits per heavy atom. The van der Waals surface area contributed by atoms with Crippen LogP contribution in [0.25, 0.3) is 0 Å². The SMILES string of the molecule is CCC(N)C(OC1CCCCC1C)c1ccc(C)s1. The summed E-state index contributed by atoms with van der Waals surface area (Å²) in [5.41, 5.74) is 6.30. The van der Waals surface area contributed by atoms with Gasteiger partial charge in [-0.15, -0.1) is 11.3 Å². The summed E-state index contributed by atoms with van der Waals surface area (Å²) in [7, 11) is 0. The van der Waals surface area contributed by atoms with Crippen molar-refractivity contribution < 1.29 is 4.74 Å². The third-order valence-corrected chi connectivity index (χ3v) is 5.32. The zero-order valence-corrected chi connectivity index (χ0v) is 13.2. The summed E-state index contributed by atoms with van der Waals surface area (Å²) in [5.74, 6) is 0.668. The lowest BCUT2D eigenvalue weighted by atomic mass is 9.87. The number of thiophene rings is 1. The molecule has 0 aliphatic heterocycles. The molecule has 2 rings (SSSR count). The quantitative estimate of drug-likeness (QED) is 0.866. The molecule has 1 aliphatic rings. The van der Waals surface area contributed by atoms with Crippen molar-refractivity contribution in [3.8, 4) is 0 Å². The van der Waals surface area contributed by atoms with Gasteiger partial charge < -0.3 is 10.5 Å². The molecule has 2 N–H and O–H groups in total. The lowest BCUT2D eigenvalue weighted by molar-refractivity contribution is -0.0662. The molecular weight excluding hydrogens is 254 g/mol. The van der Waals surface area contributed by atoms with E-state index in [2.05, 4.69) is 32.9 Å². The molecule has 2 nitrogen and oxygen atoms in total. The zero-order chi connectivity index (χ0) is 13.8. The zero-order valence-electron chi connectivity index (χ0n) is 12.4. The van der Waals surface area contributed by atoms with Crippen molar-refractivity contribution in [1.82, 2.24) is 0 Å². The minimum atomic E-state index is 0.0780. The number of hydrogen-bond donors (Lipinski definition) is 1. The molecule has 0 saturated heterocycles. The molecule has 0 amide bonds. The number of hydrogen-bond acceptors (Lipinski definition) is 3. The normalized spacial score (nSPS) is 27.2. The van der Waals surface area contributed by atoms with E-state index in [1.165, 1.54) is 35.4 Å². The van der Waals surface area contributed by atoms with E-state index in [-0.39, 0.29) is 12.1 Å². The third-order valence-electron chi connectivity index (χ3n) is 4.26. The van der Waals surface area contributed by atoms with Gasteiger partial charge in [-0.05, 0) is 44.2 Å². The molecule has 19 heavy (non-hydrogen) atoms. The molecule has 1 saturated carbocycles. The highest BCUT2D eigenvalue weighted by molar-refractivity contribution is 7.12. The van der Waals surface area contributed by atoms with Crippen LogP contribution in [0.4, 0.5) is 0 Å². The molecule has 0 radical (unpaired) electrons. The standard InChI is InChI=1S/C16H27NOS/c1-4-13(17)16(15-10-9-12(3)19-15)18-14-8-6-5-7-11(14)2/h9-11,13-14,16H,4-8,17H2,1-3H3. The van der Waals surface area contributed by atoms with Gasteiger partial charge in [-0.3, -0.25) is 0 Å². The van der Waals surface area contributed by atoms with E-state index in [1.54, 1.807) is 0 Å². The molecular formula is C16H27NOS. The van der Waals surface area contributed by atoms with Gasteiger partial charge in [0.05, 0.1) is 6.10 Å². The van der Waals surface area contributed by atoms with E-state index >= 15 is 0 Å². The third kappa shape index (κ3) is 3.80. The van der Waals surface area contributed by atoms with Gasteiger partial charge in [-0.25, -0.2) is 0 Å². The highest BCUT2D eigenvalue weighted by Crippen LogP contribution is 2.35. The maximum absolute atomic E-state index is 6.44. The van der Waals surface area contributed by atoms with Crippen LogP contribution in [-0.2, 0) is 4.74 Å². The van der Waals surface area contributed by atoms with Crippen LogP contribution in [0.5, 0.6) is 0 Å². The Kier molecular flexibility index (Phi) is 5.43. The van der Waals surface area contributed by atoms with Crippen LogP contribution in [0.3, 0.4) is 0 Å². The van der Waals surface area contributed by atoms with Gasteiger partial charge in [0.25, 0.3) is 0 Å². The van der Waals surface area contributed by atoms with Crippen LogP contribution >= 0.6 is 11.3 Å². The van der Waals surface area contributed by atoms with Crippen LogP contribution in [0.1, 0.15) is 61.8 Å². The second-order valence-electron chi connectivity index (χ2n) is 5.88. The van der Waals surface area contributed by atoms with Gasteiger partial charge in [-0.2, -0.15) is 0 Å². The number of rotatable bonds is 5. The molecule has 1 fully saturated rings. The fourth-order valence-corrected chi connectivity index (χ4v) is 3.86. The summed E-state index contributed by atoms with van der Waals surface area (Å²) in [6, 6.07) is 4.46. The Hall–Kier alpha value is -0.380. The van der Waals surface area contributed by atoms with Gasteiger partial charge >= 0.3 is 0 Å². The van der Waals surface area contributed by atoms with E-state index in [0.717, 1.165) is 6.42 Å². The van der Waals surface area contributed by atoms with E-state index in [4.69, 9.17) is 10.5 Å². The molecule has 4 atom stereocenters. The van der Waals surface area contributed by atoms with Gasteiger partial charge in [-0.1, -0.05) is 26.7 Å². The number of nitrogens with two attached hydrogens (primary N) is 1. The highest BCUT2D eigenvalue weighted by Gasteiger charge is 2.29. The minimum Gasteiger partial charge on any atom is -0.368 e. The first-order valence-electron chi connectivity index (χ1n) is 7.59. The van der Waals surface area contributed by atoms with Crippen LogP contribution in [-0.4, -0.2) is 12.1 Å². The molecule has 1 aromatic rings. The first-order valence-corrected chi connectivity index (χ1v) is 8.40. The van der Waals surface area contributed by atoms with E-state index < -0.39 is 0 Å². The summed E-state index contributed by atoms with van der Waals surface area (Å²) in [6.07, 6.45) is 6.56. The van der Waals surface area contributed by atoms with Crippen molar-refractivity contribution in [1.29, 1.82) is 0 Å². The average molecular weight is 281 g/mol. The molecule has 0 bridgehead atoms. The molecule has 108 valence electrons. The molecule has 4 unspecified atom stereocenters. The van der Waals surface area contributed by atoms with Crippen LogP contribution in [0.2, 0.25) is 0 Å². The number of aryl methyl sites for hydroxylation is 1. The van der Waals surface area contributed by atoms with Crippen molar-refractivity contribution in [2.75, 3.05) is 0 Å². The number of ether oxygens (including phenoxy) is 1. The lowest BCUT2D eigenvalue weighted by Gasteiger charge is -2.34. The van der Waals surface area contributed by atoms with Gasteiger partial charge in [0.1, 0.15) is 6.10 Å². The Balaban J connectivity index is 2.09. The Bertz CT molecular complexity index is 390. The van der Waals surface area contributed by atoms with Crippen LogP contribution in [0, 0.1) is 12.8 Å². The van der Waals surface area contributed by atoms with Crippen molar-refractivity contribution in [2.24, 2.45) is 11.7 Å². The van der Waals surface area contributed by atoms with Crippen molar-refractivity contribution in [3.05, 3.63) is 21.9 Å². The first-order chi connectivity index (χ1) is 9.11.